The Morgan fingerprint density at radius 3 is 2.67 bits per heavy atom. The van der Waals surface area contributed by atoms with E-state index in [0.717, 1.165) is 11.5 Å². The number of halogens is 1. The van der Waals surface area contributed by atoms with Crippen LogP contribution in [-0.2, 0) is 13.5 Å². The van der Waals surface area contributed by atoms with Crippen molar-refractivity contribution in [3.8, 4) is 0 Å². The van der Waals surface area contributed by atoms with Gasteiger partial charge in [0.25, 0.3) is 0 Å². The lowest BCUT2D eigenvalue weighted by atomic mass is 10.0. The van der Waals surface area contributed by atoms with Gasteiger partial charge in [0.15, 0.2) is 5.78 Å². The fraction of sp³-hybridized carbons (Fsp3) is 0.474. The summed E-state index contributed by atoms with van der Waals surface area (Å²) in [5.74, 6) is 1.73. The highest BCUT2D eigenvalue weighted by atomic mass is 35.5. The number of Topliss-reactive ketones (excluding diaryl/α,β-unsaturated/α-hetero) is 1. The van der Waals surface area contributed by atoms with E-state index in [0.29, 0.717) is 23.9 Å². The molecule has 5 heteroatoms. The van der Waals surface area contributed by atoms with Crippen molar-refractivity contribution < 1.29 is 4.79 Å². The molecule has 2 aliphatic rings. The minimum atomic E-state index is 0. The average Bonchev–Trinajstić information content (AvgIpc) is 3.45. The number of carbonyl (C=O) groups is 1. The third-order valence-electron chi connectivity index (χ3n) is 4.96. The van der Waals surface area contributed by atoms with E-state index in [4.69, 9.17) is 0 Å². The molecule has 0 spiro atoms. The lowest BCUT2D eigenvalue weighted by Gasteiger charge is -2.05. The third kappa shape index (κ3) is 4.05. The van der Waals surface area contributed by atoms with E-state index in [2.05, 4.69) is 34.7 Å². The maximum Gasteiger partial charge on any atom is 0.170 e. The molecule has 128 valence electrons. The van der Waals surface area contributed by atoms with E-state index in [-0.39, 0.29) is 18.2 Å². The predicted octanol–water partition coefficient (Wildman–Crippen LogP) is 3.12. The highest BCUT2D eigenvalue weighted by Gasteiger charge is 2.38. The number of carbonyl (C=O) groups excluding carboxylic acids is 1. The van der Waals surface area contributed by atoms with Gasteiger partial charge in [-0.25, -0.2) is 0 Å². The van der Waals surface area contributed by atoms with Crippen LogP contribution >= 0.6 is 12.4 Å². The van der Waals surface area contributed by atoms with Crippen molar-refractivity contribution in [1.29, 1.82) is 0 Å². The van der Waals surface area contributed by atoms with Crippen LogP contribution in [0.25, 0.3) is 0 Å². The number of nitrogens with zero attached hydrogens (tertiary/aromatic N) is 2. The molecule has 0 bridgehead atoms. The number of hydrogen-bond donors (Lipinski definition) is 1. The molecule has 4 nitrogen and oxygen atoms in total. The van der Waals surface area contributed by atoms with Crippen LogP contribution in [0.1, 0.15) is 46.7 Å². The van der Waals surface area contributed by atoms with Gasteiger partial charge in [-0.15, -0.1) is 12.4 Å². The van der Waals surface area contributed by atoms with E-state index >= 15 is 0 Å². The molecule has 1 N–H and O–H groups in total. The maximum atomic E-state index is 12.2. The molecule has 1 aromatic carbocycles. The van der Waals surface area contributed by atoms with Crippen LogP contribution in [0.5, 0.6) is 0 Å². The minimum Gasteiger partial charge on any atom is -0.313 e. The SMILES string of the molecule is Cl.Cn1cc(C(=O)Cc2ccc([C@@H]3C[C@H]3NCC3CC3)cc2)cn1. The van der Waals surface area contributed by atoms with Crippen molar-refractivity contribution in [1.82, 2.24) is 15.1 Å². The molecule has 2 aromatic rings. The van der Waals surface area contributed by atoms with E-state index in [1.54, 1.807) is 17.1 Å². The van der Waals surface area contributed by atoms with Crippen LogP contribution in [0.2, 0.25) is 0 Å². The summed E-state index contributed by atoms with van der Waals surface area (Å²) in [5.41, 5.74) is 3.16. The zero-order chi connectivity index (χ0) is 15.8. The summed E-state index contributed by atoms with van der Waals surface area (Å²) in [4.78, 5) is 12.2. The molecule has 0 radical (unpaired) electrons. The molecule has 1 aromatic heterocycles. The Balaban J connectivity index is 0.00000169. The largest absolute Gasteiger partial charge is 0.313 e. The fourth-order valence-corrected chi connectivity index (χ4v) is 3.16. The summed E-state index contributed by atoms with van der Waals surface area (Å²) in [7, 11) is 1.83. The monoisotopic (exact) mass is 345 g/mol. The molecular formula is C19H24ClN3O. The first-order valence-corrected chi connectivity index (χ1v) is 8.53. The highest BCUT2D eigenvalue weighted by Crippen LogP contribution is 2.41. The second-order valence-electron chi connectivity index (χ2n) is 7.04. The van der Waals surface area contributed by atoms with Crippen molar-refractivity contribution in [2.75, 3.05) is 6.54 Å². The molecule has 2 aliphatic carbocycles. The number of aromatic nitrogens is 2. The minimum absolute atomic E-state index is 0. The average molecular weight is 346 g/mol. The van der Waals surface area contributed by atoms with Gasteiger partial charge in [-0.2, -0.15) is 5.10 Å². The number of hydrogen-bond acceptors (Lipinski definition) is 3. The zero-order valence-corrected chi connectivity index (χ0v) is 14.8. The molecule has 24 heavy (non-hydrogen) atoms. The van der Waals surface area contributed by atoms with Crippen LogP contribution in [0, 0.1) is 5.92 Å². The number of rotatable bonds is 7. The third-order valence-corrected chi connectivity index (χ3v) is 4.96. The van der Waals surface area contributed by atoms with E-state index in [1.165, 1.54) is 31.4 Å². The van der Waals surface area contributed by atoms with E-state index < -0.39 is 0 Å². The normalized spacial score (nSPS) is 22.0. The van der Waals surface area contributed by atoms with Crippen molar-refractivity contribution in [2.45, 2.75) is 37.6 Å². The van der Waals surface area contributed by atoms with Crippen LogP contribution in [-0.4, -0.2) is 28.2 Å². The number of nitrogens with one attached hydrogen (secondary N) is 1. The summed E-state index contributed by atoms with van der Waals surface area (Å²) in [6.07, 6.45) is 7.92. The second-order valence-corrected chi connectivity index (χ2v) is 7.04. The van der Waals surface area contributed by atoms with Crippen molar-refractivity contribution >= 4 is 18.2 Å². The van der Waals surface area contributed by atoms with Gasteiger partial charge in [0.05, 0.1) is 11.8 Å². The van der Waals surface area contributed by atoms with E-state index in [9.17, 15) is 4.79 Å². The number of aryl methyl sites for hydroxylation is 1. The van der Waals surface area contributed by atoms with Crippen molar-refractivity contribution in [2.24, 2.45) is 13.0 Å². The van der Waals surface area contributed by atoms with Gasteiger partial charge < -0.3 is 5.32 Å². The van der Waals surface area contributed by atoms with Gasteiger partial charge in [-0.1, -0.05) is 24.3 Å². The first-order valence-electron chi connectivity index (χ1n) is 8.53. The van der Waals surface area contributed by atoms with Gasteiger partial charge in [0.1, 0.15) is 0 Å². The second kappa shape index (κ2) is 7.08. The van der Waals surface area contributed by atoms with Gasteiger partial charge >= 0.3 is 0 Å². The Kier molecular flexibility index (Phi) is 5.07. The molecule has 0 aliphatic heterocycles. The quantitative estimate of drug-likeness (QED) is 0.784. The van der Waals surface area contributed by atoms with Crippen LogP contribution in [0.4, 0.5) is 0 Å². The molecule has 0 saturated heterocycles. The van der Waals surface area contributed by atoms with Crippen LogP contribution < -0.4 is 5.32 Å². The van der Waals surface area contributed by atoms with Crippen LogP contribution in [0.15, 0.2) is 36.7 Å². The lowest BCUT2D eigenvalue weighted by Crippen LogP contribution is -2.20. The predicted molar refractivity (Wildman–Crippen MR) is 96.8 cm³/mol. The number of benzene rings is 1. The fourth-order valence-electron chi connectivity index (χ4n) is 3.16. The Bertz CT molecular complexity index is 706. The zero-order valence-electron chi connectivity index (χ0n) is 13.9. The van der Waals surface area contributed by atoms with Gasteiger partial charge in [-0.05, 0) is 42.9 Å². The molecule has 0 amide bonds. The van der Waals surface area contributed by atoms with Gasteiger partial charge in [0.2, 0.25) is 0 Å². The smallest absolute Gasteiger partial charge is 0.170 e. The Morgan fingerprint density at radius 2 is 2.04 bits per heavy atom. The molecule has 2 atom stereocenters. The van der Waals surface area contributed by atoms with Gasteiger partial charge in [-0.3, -0.25) is 9.48 Å². The lowest BCUT2D eigenvalue weighted by molar-refractivity contribution is 0.0993. The maximum absolute atomic E-state index is 12.2. The molecule has 0 unspecified atom stereocenters. The van der Waals surface area contributed by atoms with Gasteiger partial charge in [0, 0.05) is 31.6 Å². The molecule has 2 saturated carbocycles. The molecule has 2 fully saturated rings. The summed E-state index contributed by atoms with van der Waals surface area (Å²) < 4.78 is 1.66. The van der Waals surface area contributed by atoms with Crippen molar-refractivity contribution in [3.63, 3.8) is 0 Å². The first-order chi connectivity index (χ1) is 11.2. The summed E-state index contributed by atoms with van der Waals surface area (Å²) in [5, 5.41) is 7.73. The topological polar surface area (TPSA) is 46.9 Å². The Morgan fingerprint density at radius 1 is 1.29 bits per heavy atom. The Hall–Kier alpha value is -1.65. The number of ketones is 1. The van der Waals surface area contributed by atoms with E-state index in [1.807, 2.05) is 7.05 Å². The van der Waals surface area contributed by atoms with Crippen LogP contribution in [0.3, 0.4) is 0 Å². The summed E-state index contributed by atoms with van der Waals surface area (Å²) in [6.45, 7) is 1.19. The molecular weight excluding hydrogens is 322 g/mol. The molecule has 1 heterocycles. The Labute approximate surface area is 149 Å². The first kappa shape index (κ1) is 17.2. The van der Waals surface area contributed by atoms with Crippen molar-refractivity contribution in [3.05, 3.63) is 53.3 Å². The molecule has 4 rings (SSSR count). The summed E-state index contributed by atoms with van der Waals surface area (Å²) in [6, 6.07) is 9.24. The highest BCUT2D eigenvalue weighted by molar-refractivity contribution is 5.97. The summed E-state index contributed by atoms with van der Waals surface area (Å²) >= 11 is 0. The standard InChI is InChI=1S/C19H23N3O.ClH/c1-22-12-16(11-21-22)19(23)8-13-4-6-15(7-5-13)17-9-18(17)20-10-14-2-3-14;/h4-7,11-12,14,17-18,20H,2-3,8-10H2,1H3;1H/t17-,18+;/m0./s1.